The molecular weight excluding hydrogens is 685 g/mol. The minimum atomic E-state index is 0.396. The van der Waals surface area contributed by atoms with Crippen molar-refractivity contribution in [1.82, 2.24) is 4.57 Å². The molecule has 0 atom stereocenters. The topological polar surface area (TPSA) is 59.6 Å². The molecule has 0 saturated carbocycles. The first-order valence-corrected chi connectivity index (χ1v) is 19.0. The fourth-order valence-electron chi connectivity index (χ4n) is 6.95. The zero-order valence-corrected chi connectivity index (χ0v) is 32.1. The molecule has 3 heterocycles. The summed E-state index contributed by atoms with van der Waals surface area (Å²) in [7, 11) is 0. The first kappa shape index (κ1) is 37.5. The number of hydrogen-bond donors (Lipinski definition) is 1. The van der Waals surface area contributed by atoms with Crippen LogP contribution in [0.15, 0.2) is 180 Å². The van der Waals surface area contributed by atoms with E-state index in [4.69, 9.17) is 19.9 Å². The third-order valence-electron chi connectivity index (χ3n) is 9.72. The molecule has 0 fully saturated rings. The summed E-state index contributed by atoms with van der Waals surface area (Å²) >= 11 is 0. The van der Waals surface area contributed by atoms with Gasteiger partial charge in [0.1, 0.15) is 0 Å². The molecule has 274 valence electrons. The molecule has 0 amide bonds. The molecule has 6 heteroatoms. The molecule has 56 heavy (non-hydrogen) atoms. The second kappa shape index (κ2) is 17.6. The number of nitrogens with one attached hydrogen (secondary N) is 1. The summed E-state index contributed by atoms with van der Waals surface area (Å²) in [5.41, 5.74) is 10.2. The quantitative estimate of drug-likeness (QED) is 0.0820. The molecule has 5 aromatic rings. The predicted molar refractivity (Wildman–Crippen MR) is 239 cm³/mol. The van der Waals surface area contributed by atoms with Crippen LogP contribution in [0.3, 0.4) is 0 Å². The number of aliphatic imine (C=N–C) groups is 1. The van der Waals surface area contributed by atoms with E-state index < -0.39 is 0 Å². The Hall–Kier alpha value is -6.79. The fraction of sp³-hybridized carbons (Fsp3) is 0.100. The average Bonchev–Trinajstić information content (AvgIpc) is 3.54. The van der Waals surface area contributed by atoms with E-state index in [-0.39, 0.29) is 0 Å². The summed E-state index contributed by atoms with van der Waals surface area (Å²) in [4.78, 5) is 4.83. The van der Waals surface area contributed by atoms with E-state index in [1.165, 1.54) is 5.56 Å². The van der Waals surface area contributed by atoms with Gasteiger partial charge in [-0.2, -0.15) is 0 Å². The van der Waals surface area contributed by atoms with E-state index in [1.54, 1.807) is 6.21 Å². The zero-order chi connectivity index (χ0) is 38.9. The SMILES string of the molecule is C=CC(=C\C(=C/CC)n1c2c(c3ccc4c(c31)Oc1ccccc1O4)CB=CC(=C\C)/C=C\2)/C(/C=C/C=N/C(=C\C(=N)c1ccccc1)c1ccccc1)=C/C. The number of hydrogen-bond acceptors (Lipinski definition) is 4. The summed E-state index contributed by atoms with van der Waals surface area (Å²) in [5.74, 6) is 4.93. The Morgan fingerprint density at radius 3 is 2.25 bits per heavy atom. The van der Waals surface area contributed by atoms with E-state index in [0.29, 0.717) is 34.4 Å². The Morgan fingerprint density at radius 2 is 1.55 bits per heavy atom. The van der Waals surface area contributed by atoms with Crippen LogP contribution in [0.5, 0.6) is 23.0 Å². The first-order chi connectivity index (χ1) is 27.5. The van der Waals surface area contributed by atoms with Crippen LogP contribution in [0.25, 0.3) is 28.4 Å². The predicted octanol–water partition coefficient (Wildman–Crippen LogP) is 12.6. The van der Waals surface area contributed by atoms with Crippen LogP contribution in [0.2, 0.25) is 0 Å². The Kier molecular flexibility index (Phi) is 11.8. The van der Waals surface area contributed by atoms with Crippen LogP contribution in [0, 0.1) is 5.41 Å². The molecule has 0 radical (unpaired) electrons. The Bertz CT molecular complexity index is 2570. The minimum absolute atomic E-state index is 0.396. The van der Waals surface area contributed by atoms with Crippen molar-refractivity contribution in [3.05, 3.63) is 197 Å². The normalized spacial score (nSPS) is 15.7. The van der Waals surface area contributed by atoms with Gasteiger partial charge < -0.3 is 5.41 Å². The van der Waals surface area contributed by atoms with Gasteiger partial charge in [0.15, 0.2) is 0 Å². The first-order valence-electron chi connectivity index (χ1n) is 19.0. The van der Waals surface area contributed by atoms with E-state index >= 15 is 0 Å². The fourth-order valence-corrected chi connectivity index (χ4v) is 6.95. The number of fused-ring (bicyclic) bond motifs is 6. The molecular formula is C50H44BN3O2. The van der Waals surface area contributed by atoms with Crippen molar-refractivity contribution in [1.29, 1.82) is 5.41 Å². The van der Waals surface area contributed by atoms with E-state index in [0.717, 1.165) is 62.9 Å². The van der Waals surface area contributed by atoms with Gasteiger partial charge in [0.2, 0.25) is 0 Å². The molecule has 1 N–H and O–H groups in total. The number of aromatic nitrogens is 1. The molecule has 2 aliphatic heterocycles. The van der Waals surface area contributed by atoms with Crippen molar-refractivity contribution in [3.63, 3.8) is 0 Å². The third-order valence-corrected chi connectivity index (χ3v) is 9.72. The van der Waals surface area contributed by atoms with Crippen molar-refractivity contribution < 1.29 is 9.47 Å². The van der Waals surface area contributed by atoms with Crippen molar-refractivity contribution in [2.75, 3.05) is 0 Å². The van der Waals surface area contributed by atoms with Gasteiger partial charge in [-0.1, -0.05) is 60.7 Å². The summed E-state index contributed by atoms with van der Waals surface area (Å²) in [6.07, 6.45) is 24.1. The summed E-state index contributed by atoms with van der Waals surface area (Å²) in [6, 6.07) is 31.6. The number of para-hydroxylation sites is 2. The third kappa shape index (κ3) is 8.01. The molecule has 0 bridgehead atoms. The van der Waals surface area contributed by atoms with Gasteiger partial charge in [0.25, 0.3) is 0 Å². The Labute approximate surface area is 330 Å². The zero-order valence-electron chi connectivity index (χ0n) is 32.1. The monoisotopic (exact) mass is 729 g/mol. The Balaban J connectivity index is 1.29. The molecule has 0 aliphatic carbocycles. The van der Waals surface area contributed by atoms with Gasteiger partial charge in [0, 0.05) is 5.56 Å². The molecule has 0 saturated heterocycles. The number of rotatable bonds is 11. The number of benzene rings is 4. The van der Waals surface area contributed by atoms with Crippen LogP contribution in [0.1, 0.15) is 49.6 Å². The van der Waals surface area contributed by atoms with Crippen LogP contribution in [0.4, 0.5) is 0 Å². The van der Waals surface area contributed by atoms with Crippen LogP contribution >= 0.6 is 0 Å². The van der Waals surface area contributed by atoms with Gasteiger partial charge >= 0.3 is 237 Å². The van der Waals surface area contributed by atoms with Crippen LogP contribution in [-0.2, 0) is 6.32 Å². The molecule has 5 nitrogen and oxygen atoms in total. The van der Waals surface area contributed by atoms with Gasteiger partial charge in [-0.25, -0.2) is 0 Å². The van der Waals surface area contributed by atoms with Gasteiger partial charge in [-0.15, -0.1) is 0 Å². The van der Waals surface area contributed by atoms with Crippen molar-refractivity contribution in [2.24, 2.45) is 4.99 Å². The van der Waals surface area contributed by atoms with Crippen LogP contribution < -0.4 is 9.47 Å². The molecule has 1 aromatic heterocycles. The van der Waals surface area contributed by atoms with Crippen molar-refractivity contribution >= 4 is 53.2 Å². The average molecular weight is 730 g/mol. The second-order valence-corrected chi connectivity index (χ2v) is 13.3. The van der Waals surface area contributed by atoms with Crippen LogP contribution in [-0.4, -0.2) is 29.4 Å². The maximum absolute atomic E-state index is 8.73. The molecule has 4 aromatic carbocycles. The summed E-state index contributed by atoms with van der Waals surface area (Å²) in [6.45, 7) is 12.7. The maximum atomic E-state index is 8.73. The van der Waals surface area contributed by atoms with E-state index in [1.807, 2.05) is 122 Å². The van der Waals surface area contributed by atoms with E-state index in [9.17, 15) is 0 Å². The van der Waals surface area contributed by atoms with E-state index in [2.05, 4.69) is 80.4 Å². The van der Waals surface area contributed by atoms with Gasteiger partial charge in [-0.3, -0.25) is 0 Å². The second-order valence-electron chi connectivity index (χ2n) is 13.3. The standard InChI is InChI=1S/C50H44BN3O2/c1-5-18-40(31-37(8-4)36(7-3)23-17-30-53-44(39-21-13-10-14-22-39)32-43(52)38-19-11-9-12-20-38)54-45-28-26-35(6-2)33-51-34-42(45)41-27-29-48-50(49(41)54)56-47-25-16-15-24-46(47)55-48/h6-33,52H,4-5,34H2,1-3H3/b23-17+,28-26-,35-6-,36-7+,37-31+,40-18+,44-32-,52-43?,53-30+. The summed E-state index contributed by atoms with van der Waals surface area (Å²) in [5, 5.41) is 9.85. The summed E-state index contributed by atoms with van der Waals surface area (Å²) < 4.78 is 15.4. The van der Waals surface area contributed by atoms with Gasteiger partial charge in [-0.05, 0) is 11.6 Å². The Morgan fingerprint density at radius 1 is 0.839 bits per heavy atom. The molecule has 7 rings (SSSR count). The van der Waals surface area contributed by atoms with Crippen molar-refractivity contribution in [3.8, 4) is 23.0 Å². The molecule has 0 unspecified atom stereocenters. The number of allylic oxidation sites excluding steroid dienone is 13. The number of ether oxygens (including phenoxy) is 2. The van der Waals surface area contributed by atoms with Gasteiger partial charge in [0.05, 0.1) is 11.4 Å². The van der Waals surface area contributed by atoms with Crippen molar-refractivity contribution in [2.45, 2.75) is 33.5 Å². The molecule has 2 aliphatic rings. The molecule has 0 spiro atoms. The number of nitrogens with zero attached hydrogens (tertiary/aromatic N) is 2.